The van der Waals surface area contributed by atoms with Crippen molar-refractivity contribution in [2.24, 2.45) is 7.05 Å². The van der Waals surface area contributed by atoms with E-state index >= 15 is 0 Å². The van der Waals surface area contributed by atoms with Crippen molar-refractivity contribution in [1.29, 1.82) is 0 Å². The Balaban J connectivity index is 1.69. The lowest BCUT2D eigenvalue weighted by Crippen LogP contribution is -2.36. The van der Waals surface area contributed by atoms with Gasteiger partial charge >= 0.3 is 0 Å². The molecule has 94 valence electrons. The molecule has 4 heteroatoms. The first-order valence-electron chi connectivity index (χ1n) is 6.51. The van der Waals surface area contributed by atoms with Gasteiger partial charge in [-0.15, -0.1) is 0 Å². The summed E-state index contributed by atoms with van der Waals surface area (Å²) in [5.74, 6) is 0. The minimum atomic E-state index is -0.551. The molecule has 0 bridgehead atoms. The number of hydrogen-bond acceptors (Lipinski definition) is 3. The van der Waals surface area contributed by atoms with Crippen LogP contribution in [0.3, 0.4) is 0 Å². The maximum Gasteiger partial charge on any atom is 0.0830 e. The predicted molar refractivity (Wildman–Crippen MR) is 65.7 cm³/mol. The molecule has 2 aliphatic rings. The highest BCUT2D eigenvalue weighted by molar-refractivity contribution is 5.12. The molecule has 1 aliphatic carbocycles. The first-order valence-corrected chi connectivity index (χ1v) is 6.51. The SMILES string of the molecule is CC1CC(O)(Cc2cnn(C)c2)CN1C1CC1. The Bertz CT molecular complexity index is 413. The molecule has 1 aromatic heterocycles. The third-order valence-electron chi connectivity index (χ3n) is 4.03. The van der Waals surface area contributed by atoms with Crippen molar-refractivity contribution in [3.8, 4) is 0 Å². The van der Waals surface area contributed by atoms with Gasteiger partial charge in [0.25, 0.3) is 0 Å². The fourth-order valence-corrected chi connectivity index (χ4v) is 3.19. The molecule has 1 saturated heterocycles. The summed E-state index contributed by atoms with van der Waals surface area (Å²) in [5, 5.41) is 14.9. The molecule has 17 heavy (non-hydrogen) atoms. The van der Waals surface area contributed by atoms with Gasteiger partial charge in [0.15, 0.2) is 0 Å². The van der Waals surface area contributed by atoms with Gasteiger partial charge in [0.05, 0.1) is 11.8 Å². The van der Waals surface area contributed by atoms with Gasteiger partial charge in [0, 0.05) is 38.3 Å². The van der Waals surface area contributed by atoms with Gasteiger partial charge in [-0.3, -0.25) is 9.58 Å². The molecular formula is C13H21N3O. The Morgan fingerprint density at radius 3 is 2.88 bits per heavy atom. The summed E-state index contributed by atoms with van der Waals surface area (Å²) >= 11 is 0. The predicted octanol–water partition coefficient (Wildman–Crippen LogP) is 0.950. The molecule has 2 heterocycles. The van der Waals surface area contributed by atoms with Crippen LogP contribution in [0.25, 0.3) is 0 Å². The van der Waals surface area contributed by atoms with Crippen LogP contribution in [0.2, 0.25) is 0 Å². The molecular weight excluding hydrogens is 214 g/mol. The average Bonchev–Trinajstić information content (AvgIpc) is 2.94. The second kappa shape index (κ2) is 3.82. The third-order valence-corrected chi connectivity index (χ3v) is 4.03. The number of β-amino-alcohol motifs (C(OH)–C–C–N with tert-alkyl or cyclic N) is 1. The Hall–Kier alpha value is -0.870. The van der Waals surface area contributed by atoms with Crippen LogP contribution in [0.15, 0.2) is 12.4 Å². The quantitative estimate of drug-likeness (QED) is 0.848. The van der Waals surface area contributed by atoms with Gasteiger partial charge in [-0.2, -0.15) is 5.10 Å². The van der Waals surface area contributed by atoms with Crippen molar-refractivity contribution >= 4 is 0 Å². The van der Waals surface area contributed by atoms with Crippen LogP contribution in [0.5, 0.6) is 0 Å². The highest BCUT2D eigenvalue weighted by Gasteiger charge is 2.45. The summed E-state index contributed by atoms with van der Waals surface area (Å²) < 4.78 is 1.80. The normalized spacial score (nSPS) is 34.4. The minimum Gasteiger partial charge on any atom is -0.388 e. The molecule has 3 rings (SSSR count). The van der Waals surface area contributed by atoms with Crippen LogP contribution in [-0.4, -0.2) is 44.0 Å². The van der Waals surface area contributed by atoms with Crippen molar-refractivity contribution in [1.82, 2.24) is 14.7 Å². The van der Waals surface area contributed by atoms with Crippen molar-refractivity contribution in [2.75, 3.05) is 6.54 Å². The first kappa shape index (κ1) is 11.2. The van der Waals surface area contributed by atoms with E-state index in [1.807, 2.05) is 19.4 Å². The zero-order valence-corrected chi connectivity index (χ0v) is 10.6. The molecule has 0 radical (unpaired) electrons. The van der Waals surface area contributed by atoms with E-state index in [-0.39, 0.29) is 0 Å². The largest absolute Gasteiger partial charge is 0.388 e. The summed E-state index contributed by atoms with van der Waals surface area (Å²) in [6.07, 6.45) is 8.11. The van der Waals surface area contributed by atoms with E-state index in [4.69, 9.17) is 0 Å². The number of nitrogens with zero attached hydrogens (tertiary/aromatic N) is 3. The van der Waals surface area contributed by atoms with Gasteiger partial charge < -0.3 is 5.11 Å². The Labute approximate surface area is 102 Å². The Morgan fingerprint density at radius 2 is 2.29 bits per heavy atom. The average molecular weight is 235 g/mol. The van der Waals surface area contributed by atoms with Gasteiger partial charge in [0.2, 0.25) is 0 Å². The molecule has 1 aromatic rings. The van der Waals surface area contributed by atoms with Gasteiger partial charge in [-0.1, -0.05) is 0 Å². The van der Waals surface area contributed by atoms with Gasteiger partial charge in [-0.25, -0.2) is 0 Å². The molecule has 4 nitrogen and oxygen atoms in total. The highest BCUT2D eigenvalue weighted by Crippen LogP contribution is 2.38. The number of aliphatic hydroxyl groups is 1. The van der Waals surface area contributed by atoms with Gasteiger partial charge in [0.1, 0.15) is 0 Å². The van der Waals surface area contributed by atoms with Crippen LogP contribution in [0.1, 0.15) is 31.7 Å². The molecule has 0 spiro atoms. The van der Waals surface area contributed by atoms with E-state index in [0.29, 0.717) is 6.04 Å². The van der Waals surface area contributed by atoms with Crippen molar-refractivity contribution in [3.63, 3.8) is 0 Å². The molecule has 0 amide bonds. The molecule has 2 fully saturated rings. The van der Waals surface area contributed by atoms with E-state index < -0.39 is 5.60 Å². The number of likely N-dealkylation sites (tertiary alicyclic amines) is 1. The van der Waals surface area contributed by atoms with Gasteiger partial charge in [-0.05, 0) is 31.7 Å². The van der Waals surface area contributed by atoms with Crippen molar-refractivity contribution in [3.05, 3.63) is 18.0 Å². The monoisotopic (exact) mass is 235 g/mol. The van der Waals surface area contributed by atoms with Crippen LogP contribution in [-0.2, 0) is 13.5 Å². The number of aromatic nitrogens is 2. The molecule has 2 atom stereocenters. The smallest absolute Gasteiger partial charge is 0.0830 e. The maximum atomic E-state index is 10.7. The van der Waals surface area contributed by atoms with E-state index in [1.165, 1.54) is 12.8 Å². The summed E-state index contributed by atoms with van der Waals surface area (Å²) in [5.41, 5.74) is 0.588. The molecule has 1 N–H and O–H groups in total. The van der Waals surface area contributed by atoms with E-state index in [2.05, 4.69) is 16.9 Å². The van der Waals surface area contributed by atoms with Crippen molar-refractivity contribution < 1.29 is 5.11 Å². The maximum absolute atomic E-state index is 10.7. The summed E-state index contributed by atoms with van der Waals surface area (Å²) in [4.78, 5) is 2.48. The Morgan fingerprint density at radius 1 is 1.53 bits per heavy atom. The summed E-state index contributed by atoms with van der Waals surface area (Å²) in [6.45, 7) is 3.06. The number of aryl methyl sites for hydroxylation is 1. The lowest BCUT2D eigenvalue weighted by molar-refractivity contribution is 0.0487. The number of hydrogen-bond donors (Lipinski definition) is 1. The van der Waals surface area contributed by atoms with E-state index in [0.717, 1.165) is 31.0 Å². The molecule has 1 saturated carbocycles. The fourth-order valence-electron chi connectivity index (χ4n) is 3.19. The zero-order chi connectivity index (χ0) is 12.0. The van der Waals surface area contributed by atoms with E-state index in [1.54, 1.807) is 4.68 Å². The fraction of sp³-hybridized carbons (Fsp3) is 0.769. The minimum absolute atomic E-state index is 0.518. The third kappa shape index (κ3) is 2.24. The topological polar surface area (TPSA) is 41.3 Å². The van der Waals surface area contributed by atoms with Crippen LogP contribution < -0.4 is 0 Å². The first-order chi connectivity index (χ1) is 8.06. The van der Waals surface area contributed by atoms with Crippen LogP contribution >= 0.6 is 0 Å². The standard InChI is InChI=1S/C13H21N3O/c1-10-5-13(17,9-16(10)12-3-4-12)6-11-7-14-15(2)8-11/h7-8,10,12,17H,3-6,9H2,1-2H3. The second-order valence-electron chi connectivity index (χ2n) is 5.88. The van der Waals surface area contributed by atoms with Crippen LogP contribution in [0, 0.1) is 0 Å². The lowest BCUT2D eigenvalue weighted by Gasteiger charge is -2.23. The van der Waals surface area contributed by atoms with Crippen molar-refractivity contribution in [2.45, 2.75) is 50.3 Å². The summed E-state index contributed by atoms with van der Waals surface area (Å²) in [6, 6.07) is 1.26. The van der Waals surface area contributed by atoms with Crippen LogP contribution in [0.4, 0.5) is 0 Å². The zero-order valence-electron chi connectivity index (χ0n) is 10.6. The second-order valence-corrected chi connectivity index (χ2v) is 5.88. The van der Waals surface area contributed by atoms with E-state index in [9.17, 15) is 5.11 Å². The molecule has 2 unspecified atom stereocenters. The molecule has 1 aliphatic heterocycles. The Kier molecular flexibility index (Phi) is 2.52. The summed E-state index contributed by atoms with van der Waals surface area (Å²) in [7, 11) is 1.92. The highest BCUT2D eigenvalue weighted by atomic mass is 16.3. The molecule has 0 aromatic carbocycles. The lowest BCUT2D eigenvalue weighted by atomic mass is 9.94. The number of rotatable bonds is 3.